The molecule has 0 saturated heterocycles. The maximum atomic E-state index is 7.05. The van der Waals surface area contributed by atoms with Crippen molar-refractivity contribution in [2.45, 2.75) is 126 Å². The summed E-state index contributed by atoms with van der Waals surface area (Å²) in [7, 11) is 0. The normalized spacial score (nSPS) is 32.4. The van der Waals surface area contributed by atoms with Crippen LogP contribution in [0.5, 0.6) is 0 Å². The minimum atomic E-state index is -0.703. The van der Waals surface area contributed by atoms with Crippen LogP contribution in [0.1, 0.15) is 110 Å². The van der Waals surface area contributed by atoms with Gasteiger partial charge in [-0.1, -0.05) is 133 Å². The zero-order valence-corrected chi connectivity index (χ0v) is 39.3. The standard InChI is InChI=1S/C63H66N2O2/c1-3-13-57-49(7-1)9-5-11-51(57)29-55-39-66-59(64-55)63(60-65-56(40-67-60)30-52-12-6-10-50-8-2-4-14-58(50)52,37-41-15-19-53(20-16-41)61-31-43-23-44(32-61)25-45(24-43)33-61)38-42-17-21-54(22-18-42)62-34-46-26-47(35-62)28-48(27-46)36-62/h1-22,43-48,55-56H,23-40H2/t43?,44?,45?,46?,47?,48?,55-,56-,61?,62?/m0/s1. The second-order valence-corrected chi connectivity index (χ2v) is 23.7. The van der Waals surface area contributed by atoms with Crippen LogP contribution in [0.15, 0.2) is 143 Å². The molecule has 340 valence electrons. The fourth-order valence-electron chi connectivity index (χ4n) is 17.0. The largest absolute Gasteiger partial charge is 0.478 e. The first-order chi connectivity index (χ1) is 32.9. The molecule has 4 heteroatoms. The van der Waals surface area contributed by atoms with E-state index in [1.165, 1.54) is 121 Å². The number of fused-ring (bicyclic) bond motifs is 2. The van der Waals surface area contributed by atoms with Crippen LogP contribution in [0.2, 0.25) is 0 Å². The Morgan fingerprint density at radius 2 is 0.776 bits per heavy atom. The van der Waals surface area contributed by atoms with Gasteiger partial charge in [-0.05, 0) is 204 Å². The average Bonchev–Trinajstić information content (AvgIpc) is 4.02. The predicted octanol–water partition coefficient (Wildman–Crippen LogP) is 13.8. The van der Waals surface area contributed by atoms with Gasteiger partial charge in [-0.2, -0.15) is 0 Å². The van der Waals surface area contributed by atoms with Crippen LogP contribution in [0.25, 0.3) is 21.5 Å². The highest BCUT2D eigenvalue weighted by atomic mass is 16.5. The fourth-order valence-corrected chi connectivity index (χ4v) is 17.0. The van der Waals surface area contributed by atoms with Crippen molar-refractivity contribution in [3.63, 3.8) is 0 Å². The van der Waals surface area contributed by atoms with E-state index in [1.54, 1.807) is 11.1 Å². The predicted molar refractivity (Wildman–Crippen MR) is 272 cm³/mol. The number of aliphatic imine (C=N–C) groups is 2. The zero-order valence-electron chi connectivity index (χ0n) is 39.3. The van der Waals surface area contributed by atoms with E-state index in [0.29, 0.717) is 24.0 Å². The molecule has 2 atom stereocenters. The summed E-state index contributed by atoms with van der Waals surface area (Å²) in [4.78, 5) is 11.3. The van der Waals surface area contributed by atoms with Gasteiger partial charge in [0.2, 0.25) is 0 Å². The minimum absolute atomic E-state index is 0.00517. The topological polar surface area (TPSA) is 43.2 Å². The Kier molecular flexibility index (Phi) is 9.70. The molecule has 8 saturated carbocycles. The van der Waals surface area contributed by atoms with Crippen LogP contribution in [-0.4, -0.2) is 37.1 Å². The van der Waals surface area contributed by atoms with E-state index in [0.717, 1.165) is 73.0 Å². The van der Waals surface area contributed by atoms with Gasteiger partial charge < -0.3 is 9.47 Å². The first-order valence-corrected chi connectivity index (χ1v) is 26.5. The number of hydrogen-bond acceptors (Lipinski definition) is 4. The van der Waals surface area contributed by atoms with Crippen molar-refractivity contribution in [2.75, 3.05) is 13.2 Å². The van der Waals surface area contributed by atoms with Gasteiger partial charge in [0, 0.05) is 0 Å². The van der Waals surface area contributed by atoms with Crippen molar-refractivity contribution in [1.82, 2.24) is 0 Å². The monoisotopic (exact) mass is 883 g/mol. The van der Waals surface area contributed by atoms with Crippen LogP contribution in [0.4, 0.5) is 0 Å². The lowest BCUT2D eigenvalue weighted by atomic mass is 9.48. The second-order valence-electron chi connectivity index (χ2n) is 23.7. The number of nitrogens with zero attached hydrogens (tertiary/aromatic N) is 2. The van der Waals surface area contributed by atoms with Gasteiger partial charge in [0.25, 0.3) is 0 Å². The summed E-state index contributed by atoms with van der Waals surface area (Å²) in [6.45, 7) is 1.12. The third kappa shape index (κ3) is 7.20. The molecule has 2 heterocycles. The molecule has 67 heavy (non-hydrogen) atoms. The van der Waals surface area contributed by atoms with Crippen molar-refractivity contribution < 1.29 is 9.47 Å². The Labute approximate surface area is 397 Å². The molecule has 8 bridgehead atoms. The zero-order chi connectivity index (χ0) is 44.2. The lowest BCUT2D eigenvalue weighted by Gasteiger charge is -2.57. The van der Waals surface area contributed by atoms with E-state index in [1.807, 2.05) is 0 Å². The summed E-state index contributed by atoms with van der Waals surface area (Å²) in [6, 6.07) is 50.9. The van der Waals surface area contributed by atoms with Crippen molar-refractivity contribution in [3.05, 3.63) is 167 Å². The number of hydrogen-bond donors (Lipinski definition) is 0. The van der Waals surface area contributed by atoms with Gasteiger partial charge in [0.15, 0.2) is 11.8 Å². The van der Waals surface area contributed by atoms with Crippen LogP contribution < -0.4 is 0 Å². The van der Waals surface area contributed by atoms with E-state index in [-0.39, 0.29) is 12.1 Å². The molecular weight excluding hydrogens is 817 g/mol. The molecule has 0 unspecified atom stereocenters. The highest BCUT2D eigenvalue weighted by molar-refractivity contribution is 6.07. The minimum Gasteiger partial charge on any atom is -0.478 e. The Morgan fingerprint density at radius 1 is 0.418 bits per heavy atom. The summed E-state index contributed by atoms with van der Waals surface area (Å²) < 4.78 is 14.1. The van der Waals surface area contributed by atoms with Gasteiger partial charge in [-0.15, -0.1) is 0 Å². The molecule has 0 N–H and O–H groups in total. The van der Waals surface area contributed by atoms with E-state index < -0.39 is 5.41 Å². The summed E-state index contributed by atoms with van der Waals surface area (Å²) in [5.41, 5.74) is 8.46. The van der Waals surface area contributed by atoms with Crippen molar-refractivity contribution in [1.29, 1.82) is 0 Å². The molecule has 0 spiro atoms. The second kappa shape index (κ2) is 15.9. The van der Waals surface area contributed by atoms with Crippen LogP contribution >= 0.6 is 0 Å². The van der Waals surface area contributed by atoms with Gasteiger partial charge in [-0.25, -0.2) is 9.98 Å². The van der Waals surface area contributed by atoms with Gasteiger partial charge >= 0.3 is 0 Å². The number of ether oxygens (including phenoxy) is 2. The van der Waals surface area contributed by atoms with Gasteiger partial charge in [0.05, 0.1) is 12.1 Å². The molecule has 0 aromatic heterocycles. The summed E-state index contributed by atoms with van der Waals surface area (Å²) >= 11 is 0. The SMILES string of the molecule is c1ccc2c(C[C@H]3COC(C(Cc4ccc(C56CC7CC(CC(C7)C5)C6)cc4)(Cc4ccc(C56CC7CC(CC(C7)C5)C6)cc4)C4=N[C@@H](Cc5cccc6ccccc56)CO4)=N3)cccc2c1. The van der Waals surface area contributed by atoms with Crippen molar-refractivity contribution >= 4 is 33.3 Å². The Hall–Kier alpha value is -5.22. The molecule has 8 aliphatic carbocycles. The Balaban J connectivity index is 0.855. The van der Waals surface area contributed by atoms with Crippen molar-refractivity contribution in [2.24, 2.45) is 50.9 Å². The van der Waals surface area contributed by atoms with Crippen LogP contribution in [0.3, 0.4) is 0 Å². The molecule has 6 aromatic rings. The molecule has 0 radical (unpaired) electrons. The number of rotatable bonds is 12. The lowest BCUT2D eigenvalue weighted by Crippen LogP contribution is -2.48. The summed E-state index contributed by atoms with van der Waals surface area (Å²) in [5, 5.41) is 5.16. The quantitative estimate of drug-likeness (QED) is 0.123. The maximum Gasteiger partial charge on any atom is 0.200 e. The first-order valence-electron chi connectivity index (χ1n) is 26.5. The molecule has 16 rings (SSSR count). The van der Waals surface area contributed by atoms with Gasteiger partial charge in [-0.3, -0.25) is 0 Å². The van der Waals surface area contributed by atoms with Crippen LogP contribution in [-0.2, 0) is 46.0 Å². The van der Waals surface area contributed by atoms with E-state index in [4.69, 9.17) is 19.5 Å². The number of benzene rings is 6. The molecule has 0 amide bonds. The molecule has 4 nitrogen and oxygen atoms in total. The molecule has 10 aliphatic rings. The van der Waals surface area contributed by atoms with Crippen LogP contribution in [0, 0.1) is 40.9 Å². The Morgan fingerprint density at radius 3 is 1.16 bits per heavy atom. The Bertz CT molecular complexity index is 2630. The smallest absolute Gasteiger partial charge is 0.200 e. The van der Waals surface area contributed by atoms with Crippen molar-refractivity contribution in [3.8, 4) is 0 Å². The highest BCUT2D eigenvalue weighted by Gasteiger charge is 2.54. The lowest BCUT2D eigenvalue weighted by molar-refractivity contribution is -0.00531. The van der Waals surface area contributed by atoms with E-state index >= 15 is 0 Å². The van der Waals surface area contributed by atoms with E-state index in [9.17, 15) is 0 Å². The summed E-state index contributed by atoms with van der Waals surface area (Å²) in [6.07, 6.45) is 20.2. The first kappa shape index (κ1) is 40.8. The van der Waals surface area contributed by atoms with E-state index in [2.05, 4.69) is 133 Å². The highest BCUT2D eigenvalue weighted by Crippen LogP contribution is 2.62. The fraction of sp³-hybridized carbons (Fsp3) is 0.460. The molecular formula is C63H66N2O2. The molecule has 6 aromatic carbocycles. The molecule has 8 fully saturated rings. The third-order valence-electron chi connectivity index (χ3n) is 19.1. The maximum absolute atomic E-state index is 7.05. The van der Waals surface area contributed by atoms with Gasteiger partial charge in [0.1, 0.15) is 18.6 Å². The average molecular weight is 883 g/mol. The third-order valence-corrected chi connectivity index (χ3v) is 19.1. The molecule has 2 aliphatic heterocycles. The summed E-state index contributed by atoms with van der Waals surface area (Å²) in [5.74, 6) is 7.14.